The Morgan fingerprint density at radius 1 is 1.48 bits per heavy atom. The number of halogens is 1. The number of ether oxygens (including phenoxy) is 3. The average molecular weight is 341 g/mol. The number of carbonyl (C=O) groups is 1. The van der Waals surface area contributed by atoms with E-state index in [0.29, 0.717) is 34.7 Å². The lowest BCUT2D eigenvalue weighted by Gasteiger charge is -2.25. The van der Waals surface area contributed by atoms with Crippen LogP contribution in [0.3, 0.4) is 0 Å². The minimum atomic E-state index is -0.0838. The number of rotatable bonds is 4. The molecule has 0 radical (unpaired) electrons. The first kappa shape index (κ1) is 16.4. The fraction of sp³-hybridized carbons (Fsp3) is 0.562. The molecular formula is C16H21ClN2O4. The lowest BCUT2D eigenvalue weighted by molar-refractivity contribution is 0.0760. The number of hydrogen-bond donors (Lipinski definition) is 0. The fourth-order valence-electron chi connectivity index (χ4n) is 3.12. The van der Waals surface area contributed by atoms with Gasteiger partial charge in [0.25, 0.3) is 5.91 Å². The van der Waals surface area contributed by atoms with Gasteiger partial charge in [-0.3, -0.25) is 9.69 Å². The standard InChI is InChI=1S/C16H21ClN2O4/c1-18-8-12(21-3)6-11(18)7-19(2)16(20)10-4-13(17)15-14(5-10)22-9-23-15/h4-5,11-12H,6-9H2,1-3H3/t11-,12-/m0/s1. The number of benzene rings is 1. The second-order valence-corrected chi connectivity index (χ2v) is 6.47. The lowest BCUT2D eigenvalue weighted by atomic mass is 10.1. The maximum atomic E-state index is 12.7. The highest BCUT2D eigenvalue weighted by Gasteiger charge is 2.31. The summed E-state index contributed by atoms with van der Waals surface area (Å²) in [5, 5.41) is 0.397. The Morgan fingerprint density at radius 3 is 2.96 bits per heavy atom. The highest BCUT2D eigenvalue weighted by atomic mass is 35.5. The van der Waals surface area contributed by atoms with Crippen LogP contribution < -0.4 is 9.47 Å². The van der Waals surface area contributed by atoms with E-state index in [1.165, 1.54) is 0 Å². The van der Waals surface area contributed by atoms with E-state index in [9.17, 15) is 4.79 Å². The molecule has 23 heavy (non-hydrogen) atoms. The molecule has 0 bridgehead atoms. The van der Waals surface area contributed by atoms with E-state index < -0.39 is 0 Å². The molecule has 7 heteroatoms. The zero-order valence-electron chi connectivity index (χ0n) is 13.5. The van der Waals surface area contributed by atoms with E-state index in [-0.39, 0.29) is 18.8 Å². The van der Waals surface area contributed by atoms with E-state index in [4.69, 9.17) is 25.8 Å². The molecule has 2 atom stereocenters. The van der Waals surface area contributed by atoms with Crippen molar-refractivity contribution < 1.29 is 19.0 Å². The maximum Gasteiger partial charge on any atom is 0.253 e. The summed E-state index contributed by atoms with van der Waals surface area (Å²) in [5.41, 5.74) is 0.505. The van der Waals surface area contributed by atoms with Crippen molar-refractivity contribution in [1.29, 1.82) is 0 Å². The molecular weight excluding hydrogens is 320 g/mol. The summed E-state index contributed by atoms with van der Waals surface area (Å²) >= 11 is 6.15. The van der Waals surface area contributed by atoms with Gasteiger partial charge in [0, 0.05) is 38.9 Å². The van der Waals surface area contributed by atoms with E-state index >= 15 is 0 Å². The van der Waals surface area contributed by atoms with Gasteiger partial charge in [-0.25, -0.2) is 0 Å². The molecule has 3 rings (SSSR count). The van der Waals surface area contributed by atoms with Crippen molar-refractivity contribution in [1.82, 2.24) is 9.80 Å². The molecule has 6 nitrogen and oxygen atoms in total. The number of likely N-dealkylation sites (N-methyl/N-ethyl adjacent to an activating group) is 2. The molecule has 1 aromatic rings. The minimum absolute atomic E-state index is 0.0838. The van der Waals surface area contributed by atoms with Crippen LogP contribution in [0.25, 0.3) is 0 Å². The molecule has 0 N–H and O–H groups in total. The summed E-state index contributed by atoms with van der Waals surface area (Å²) in [5.74, 6) is 0.940. The number of likely N-dealkylation sites (tertiary alicyclic amines) is 1. The average Bonchev–Trinajstić information content (AvgIpc) is 3.13. The van der Waals surface area contributed by atoms with Gasteiger partial charge in [0.05, 0.1) is 11.1 Å². The highest BCUT2D eigenvalue weighted by Crippen LogP contribution is 2.40. The minimum Gasteiger partial charge on any atom is -0.454 e. The summed E-state index contributed by atoms with van der Waals surface area (Å²) < 4.78 is 16.0. The Kier molecular flexibility index (Phi) is 4.66. The normalized spacial score (nSPS) is 23.3. The van der Waals surface area contributed by atoms with Crippen LogP contribution in [0.4, 0.5) is 0 Å². The summed E-state index contributed by atoms with van der Waals surface area (Å²) in [6.45, 7) is 1.66. The van der Waals surface area contributed by atoms with Crippen LogP contribution in [0.2, 0.25) is 5.02 Å². The van der Waals surface area contributed by atoms with Gasteiger partial charge in [-0.15, -0.1) is 0 Å². The van der Waals surface area contributed by atoms with E-state index in [0.717, 1.165) is 13.0 Å². The quantitative estimate of drug-likeness (QED) is 0.837. The second-order valence-electron chi connectivity index (χ2n) is 6.06. The Labute approximate surface area is 140 Å². The number of carbonyl (C=O) groups excluding carboxylic acids is 1. The van der Waals surface area contributed by atoms with Crippen molar-refractivity contribution >= 4 is 17.5 Å². The van der Waals surface area contributed by atoms with Gasteiger partial charge in [0.1, 0.15) is 0 Å². The summed E-state index contributed by atoms with van der Waals surface area (Å²) in [6, 6.07) is 3.60. The monoisotopic (exact) mass is 340 g/mol. The Hall–Kier alpha value is -1.50. The van der Waals surface area contributed by atoms with Gasteiger partial charge >= 0.3 is 0 Å². The fourth-order valence-corrected chi connectivity index (χ4v) is 3.39. The summed E-state index contributed by atoms with van der Waals surface area (Å²) in [7, 11) is 5.58. The predicted octanol–water partition coefficient (Wildman–Crippen LogP) is 1.86. The molecule has 126 valence electrons. The maximum absolute atomic E-state index is 12.7. The zero-order valence-corrected chi connectivity index (χ0v) is 14.3. The summed E-state index contributed by atoms with van der Waals surface area (Å²) in [6.07, 6.45) is 1.15. The molecule has 2 aliphatic heterocycles. The molecule has 1 fully saturated rings. The van der Waals surface area contributed by atoms with Crippen molar-refractivity contribution in [2.24, 2.45) is 0 Å². The molecule has 0 aliphatic carbocycles. The molecule has 0 aromatic heterocycles. The molecule has 1 aromatic carbocycles. The molecule has 1 saturated heterocycles. The second kappa shape index (κ2) is 6.55. The third-order valence-electron chi connectivity index (χ3n) is 4.49. The Morgan fingerprint density at radius 2 is 2.26 bits per heavy atom. The Balaban J connectivity index is 1.69. The molecule has 0 saturated carbocycles. The molecule has 2 heterocycles. The number of hydrogen-bond acceptors (Lipinski definition) is 5. The van der Waals surface area contributed by atoms with Gasteiger partial charge < -0.3 is 19.1 Å². The predicted molar refractivity (Wildman–Crippen MR) is 86.4 cm³/mol. The molecule has 0 spiro atoms. The SMILES string of the molecule is CO[C@H]1C[C@@H](CN(C)C(=O)c2cc(Cl)c3c(c2)OCO3)N(C)C1. The van der Waals surface area contributed by atoms with Crippen molar-refractivity contribution in [3.05, 3.63) is 22.7 Å². The molecule has 1 amide bonds. The molecule has 2 aliphatic rings. The largest absolute Gasteiger partial charge is 0.454 e. The first-order chi connectivity index (χ1) is 11.0. The van der Waals surface area contributed by atoms with Crippen LogP contribution in [0.5, 0.6) is 11.5 Å². The van der Waals surface area contributed by atoms with Crippen LogP contribution in [0, 0.1) is 0 Å². The Bertz CT molecular complexity index is 610. The van der Waals surface area contributed by atoms with Gasteiger partial charge in [0.15, 0.2) is 11.5 Å². The third-order valence-corrected chi connectivity index (χ3v) is 4.77. The topological polar surface area (TPSA) is 51.2 Å². The van der Waals surface area contributed by atoms with Crippen molar-refractivity contribution in [3.63, 3.8) is 0 Å². The van der Waals surface area contributed by atoms with Crippen LogP contribution in [-0.2, 0) is 4.74 Å². The van der Waals surface area contributed by atoms with E-state index in [1.807, 2.05) is 0 Å². The summed E-state index contributed by atoms with van der Waals surface area (Å²) in [4.78, 5) is 16.6. The van der Waals surface area contributed by atoms with E-state index in [1.54, 1.807) is 31.2 Å². The van der Waals surface area contributed by atoms with Gasteiger partial charge in [-0.2, -0.15) is 0 Å². The van der Waals surface area contributed by atoms with Gasteiger partial charge in [-0.1, -0.05) is 11.6 Å². The van der Waals surface area contributed by atoms with E-state index in [2.05, 4.69) is 11.9 Å². The van der Waals surface area contributed by atoms with Crippen molar-refractivity contribution in [3.8, 4) is 11.5 Å². The highest BCUT2D eigenvalue weighted by molar-refractivity contribution is 6.32. The number of amides is 1. The number of fused-ring (bicyclic) bond motifs is 1. The third kappa shape index (κ3) is 3.24. The zero-order chi connectivity index (χ0) is 16.6. The number of nitrogens with zero attached hydrogens (tertiary/aromatic N) is 2. The van der Waals surface area contributed by atoms with Crippen LogP contribution in [-0.4, -0.2) is 68.9 Å². The van der Waals surface area contributed by atoms with Crippen molar-refractivity contribution in [2.45, 2.75) is 18.6 Å². The molecule has 0 unspecified atom stereocenters. The van der Waals surface area contributed by atoms with Crippen LogP contribution >= 0.6 is 11.6 Å². The van der Waals surface area contributed by atoms with Crippen LogP contribution in [0.1, 0.15) is 16.8 Å². The van der Waals surface area contributed by atoms with Crippen molar-refractivity contribution in [2.75, 3.05) is 41.1 Å². The van der Waals surface area contributed by atoms with Gasteiger partial charge in [0.2, 0.25) is 6.79 Å². The first-order valence-corrected chi connectivity index (χ1v) is 7.95. The van der Waals surface area contributed by atoms with Gasteiger partial charge in [-0.05, 0) is 25.6 Å². The smallest absolute Gasteiger partial charge is 0.253 e. The first-order valence-electron chi connectivity index (χ1n) is 7.57. The van der Waals surface area contributed by atoms with Crippen LogP contribution in [0.15, 0.2) is 12.1 Å². The lowest BCUT2D eigenvalue weighted by Crippen LogP contribution is -2.39. The number of methoxy groups -OCH3 is 1.